The molecule has 2 amide bonds. The van der Waals surface area contributed by atoms with E-state index in [1.54, 1.807) is 54.3 Å². The normalized spacial score (nSPS) is 17.4. The lowest BCUT2D eigenvalue weighted by Gasteiger charge is -2.37. The van der Waals surface area contributed by atoms with E-state index in [0.29, 0.717) is 41.4 Å². The largest absolute Gasteiger partial charge is 0.466 e. The fourth-order valence-electron chi connectivity index (χ4n) is 5.07. The first kappa shape index (κ1) is 29.2. The first-order valence-electron chi connectivity index (χ1n) is 13.5. The highest BCUT2D eigenvalue weighted by Gasteiger charge is 2.39. The number of nitrogens with zero attached hydrogens (tertiary/aromatic N) is 1. The number of anilines is 1. The number of rotatable bonds is 9. The summed E-state index contributed by atoms with van der Waals surface area (Å²) in [5.74, 6) is -1.72. The van der Waals surface area contributed by atoms with E-state index in [2.05, 4.69) is 10.0 Å². The summed E-state index contributed by atoms with van der Waals surface area (Å²) in [6, 6.07) is 16.4. The first-order chi connectivity index (χ1) is 19.2. The van der Waals surface area contributed by atoms with Crippen LogP contribution in [0.1, 0.15) is 49.0 Å². The van der Waals surface area contributed by atoms with Gasteiger partial charge in [-0.05, 0) is 50.5 Å². The molecule has 0 saturated carbocycles. The molecule has 2 N–H and O–H groups in total. The van der Waals surface area contributed by atoms with Gasteiger partial charge in [0.15, 0.2) is 0 Å². The number of piperidine rings is 1. The second kappa shape index (κ2) is 12.6. The van der Waals surface area contributed by atoms with E-state index in [-0.39, 0.29) is 36.3 Å². The minimum absolute atomic E-state index is 0.0316. The number of esters is 1. The molecule has 0 spiro atoms. The van der Waals surface area contributed by atoms with Crippen molar-refractivity contribution in [2.24, 2.45) is 5.92 Å². The second-order valence-electron chi connectivity index (χ2n) is 9.89. The van der Waals surface area contributed by atoms with Gasteiger partial charge < -0.3 is 15.0 Å². The third-order valence-corrected chi connectivity index (χ3v) is 8.68. The van der Waals surface area contributed by atoms with Gasteiger partial charge in [0.05, 0.1) is 17.4 Å². The van der Waals surface area contributed by atoms with Gasteiger partial charge in [-0.1, -0.05) is 49.4 Å². The topological polar surface area (TPSA) is 122 Å². The van der Waals surface area contributed by atoms with Crippen molar-refractivity contribution in [2.45, 2.75) is 51.0 Å². The van der Waals surface area contributed by atoms with E-state index in [0.717, 1.165) is 5.56 Å². The fourth-order valence-corrected chi connectivity index (χ4v) is 6.60. The van der Waals surface area contributed by atoms with Crippen molar-refractivity contribution in [3.8, 4) is 0 Å². The smallest absolute Gasteiger partial charge is 0.312 e. The van der Waals surface area contributed by atoms with Gasteiger partial charge in [-0.25, -0.2) is 13.1 Å². The summed E-state index contributed by atoms with van der Waals surface area (Å²) in [6.07, 6.45) is 1.33. The Labute approximate surface area is 234 Å². The molecule has 9 nitrogen and oxygen atoms in total. The van der Waals surface area contributed by atoms with Crippen molar-refractivity contribution in [3.05, 3.63) is 71.8 Å². The van der Waals surface area contributed by atoms with E-state index in [1.807, 2.05) is 26.0 Å². The Kier molecular flexibility index (Phi) is 9.21. The molecule has 0 bridgehead atoms. The maximum absolute atomic E-state index is 13.7. The van der Waals surface area contributed by atoms with Crippen LogP contribution in [-0.2, 0) is 24.3 Å². The summed E-state index contributed by atoms with van der Waals surface area (Å²) in [5, 5.41) is 3.91. The molecule has 1 fully saturated rings. The van der Waals surface area contributed by atoms with Crippen LogP contribution in [0.2, 0.25) is 0 Å². The Morgan fingerprint density at radius 2 is 1.68 bits per heavy atom. The molecular formula is C30H35N3O6S. The minimum Gasteiger partial charge on any atom is -0.466 e. The average molecular weight is 566 g/mol. The number of sulfonamides is 1. The molecule has 0 unspecified atom stereocenters. The van der Waals surface area contributed by atoms with E-state index in [4.69, 9.17) is 4.74 Å². The zero-order valence-corrected chi connectivity index (χ0v) is 23.8. The molecule has 3 aromatic carbocycles. The van der Waals surface area contributed by atoms with Crippen LogP contribution in [0, 0.1) is 12.8 Å². The molecule has 1 aliphatic rings. The molecule has 0 aliphatic carbocycles. The van der Waals surface area contributed by atoms with E-state index >= 15 is 0 Å². The Bertz CT molecular complexity index is 1520. The van der Waals surface area contributed by atoms with Crippen molar-refractivity contribution in [1.29, 1.82) is 0 Å². The number of amides is 2. The van der Waals surface area contributed by atoms with Crippen molar-refractivity contribution >= 4 is 44.3 Å². The molecule has 4 rings (SSSR count). The fraction of sp³-hybridized carbons (Fsp3) is 0.367. The van der Waals surface area contributed by atoms with Gasteiger partial charge in [0.1, 0.15) is 0 Å². The van der Waals surface area contributed by atoms with Gasteiger partial charge in [0, 0.05) is 47.6 Å². The lowest BCUT2D eigenvalue weighted by Crippen LogP contribution is -2.55. The molecular weight excluding hydrogens is 530 g/mol. The number of likely N-dealkylation sites (tertiary alicyclic amines) is 1. The summed E-state index contributed by atoms with van der Waals surface area (Å²) in [5.41, 5.74) is 1.83. The van der Waals surface area contributed by atoms with Crippen LogP contribution in [0.4, 0.5) is 5.69 Å². The van der Waals surface area contributed by atoms with Crippen molar-refractivity contribution < 1.29 is 27.5 Å². The van der Waals surface area contributed by atoms with Crippen LogP contribution in [0.5, 0.6) is 0 Å². The highest BCUT2D eigenvalue weighted by Crippen LogP contribution is 2.31. The summed E-state index contributed by atoms with van der Waals surface area (Å²) in [6.45, 7) is 6.03. The monoisotopic (exact) mass is 565 g/mol. The van der Waals surface area contributed by atoms with Gasteiger partial charge in [-0.3, -0.25) is 14.4 Å². The molecule has 212 valence electrons. The molecule has 1 saturated heterocycles. The second-order valence-corrected chi connectivity index (χ2v) is 11.6. The van der Waals surface area contributed by atoms with Crippen molar-refractivity contribution in [3.63, 3.8) is 0 Å². The summed E-state index contributed by atoms with van der Waals surface area (Å²) in [4.78, 5) is 39.9. The number of fused-ring (bicyclic) bond motifs is 1. The van der Waals surface area contributed by atoms with E-state index in [1.165, 1.54) is 6.07 Å². The number of hydrogen-bond donors (Lipinski definition) is 2. The van der Waals surface area contributed by atoms with Crippen LogP contribution < -0.4 is 10.0 Å². The molecule has 10 heteroatoms. The number of benzene rings is 3. The van der Waals surface area contributed by atoms with Crippen molar-refractivity contribution in [1.82, 2.24) is 9.62 Å². The molecule has 2 atom stereocenters. The summed E-state index contributed by atoms with van der Waals surface area (Å²) >= 11 is 0. The lowest BCUT2D eigenvalue weighted by molar-refractivity contribution is -0.152. The predicted octanol–water partition coefficient (Wildman–Crippen LogP) is 4.26. The molecule has 0 radical (unpaired) electrons. The van der Waals surface area contributed by atoms with Crippen molar-refractivity contribution in [2.75, 3.05) is 25.0 Å². The lowest BCUT2D eigenvalue weighted by atomic mass is 9.92. The third-order valence-electron chi connectivity index (χ3n) is 7.14. The molecule has 40 heavy (non-hydrogen) atoms. The predicted molar refractivity (Wildman–Crippen MR) is 153 cm³/mol. The van der Waals surface area contributed by atoms with E-state index < -0.39 is 28.0 Å². The number of carbonyl (C=O) groups is 3. The quantitative estimate of drug-likeness (QED) is 0.374. The van der Waals surface area contributed by atoms with Crippen LogP contribution in [0.25, 0.3) is 10.8 Å². The molecule has 3 aromatic rings. The standard InChI is InChI=1S/C30H35N3O6S/c1-4-10-28(34)33-18-17-26(24(19-33)30(36)39-5-2)32-40(37,38)27-16-15-25(22-13-8-9-14-23(22)27)31-29(35)21-12-7-6-11-20(21)3/h6-9,11-16,24,26,32H,4-5,10,17-19H2,1-3H3,(H,31,35)/t24-,26+/m1/s1. The number of nitrogens with one attached hydrogen (secondary N) is 2. The maximum atomic E-state index is 13.7. The first-order valence-corrected chi connectivity index (χ1v) is 15.0. The number of hydrogen-bond acceptors (Lipinski definition) is 6. The van der Waals surface area contributed by atoms with Gasteiger partial charge >= 0.3 is 5.97 Å². The van der Waals surface area contributed by atoms with Gasteiger partial charge in [0.2, 0.25) is 15.9 Å². The Balaban J connectivity index is 1.62. The summed E-state index contributed by atoms with van der Waals surface area (Å²) in [7, 11) is -4.09. The SMILES string of the molecule is CCCC(=O)N1CC[C@H](NS(=O)(=O)c2ccc(NC(=O)c3ccccc3C)c3ccccc23)[C@H](C(=O)OCC)C1. The average Bonchev–Trinajstić information content (AvgIpc) is 2.93. The zero-order valence-electron chi connectivity index (χ0n) is 23.0. The van der Waals surface area contributed by atoms with Crippen LogP contribution >= 0.6 is 0 Å². The highest BCUT2D eigenvalue weighted by atomic mass is 32.2. The van der Waals surface area contributed by atoms with Gasteiger partial charge in [0.25, 0.3) is 5.91 Å². The third kappa shape index (κ3) is 6.34. The van der Waals surface area contributed by atoms with Gasteiger partial charge in [-0.15, -0.1) is 0 Å². The van der Waals surface area contributed by atoms with Crippen LogP contribution in [0.15, 0.2) is 65.6 Å². The summed E-state index contributed by atoms with van der Waals surface area (Å²) < 4.78 is 35.4. The van der Waals surface area contributed by atoms with Gasteiger partial charge in [-0.2, -0.15) is 0 Å². The molecule has 1 aliphatic heterocycles. The van der Waals surface area contributed by atoms with Crippen LogP contribution in [-0.4, -0.2) is 56.8 Å². The maximum Gasteiger partial charge on any atom is 0.312 e. The van der Waals surface area contributed by atoms with E-state index in [9.17, 15) is 22.8 Å². The zero-order chi connectivity index (χ0) is 28.9. The number of aryl methyl sites for hydroxylation is 1. The Hall–Kier alpha value is -3.76. The number of ether oxygens (including phenoxy) is 1. The molecule has 0 aromatic heterocycles. The van der Waals surface area contributed by atoms with Crippen LogP contribution in [0.3, 0.4) is 0 Å². The molecule has 1 heterocycles. The highest BCUT2D eigenvalue weighted by molar-refractivity contribution is 7.89. The Morgan fingerprint density at radius 1 is 0.975 bits per heavy atom. The minimum atomic E-state index is -4.09. The Morgan fingerprint density at radius 3 is 2.38 bits per heavy atom. The number of carbonyl (C=O) groups excluding carboxylic acids is 3.